The van der Waals surface area contributed by atoms with E-state index in [1.165, 1.54) is 25.3 Å². The number of aliphatic hydroxyl groups is 1. The van der Waals surface area contributed by atoms with E-state index in [0.29, 0.717) is 11.3 Å². The first kappa shape index (κ1) is 29.2. The summed E-state index contributed by atoms with van der Waals surface area (Å²) in [5.41, 5.74) is 1.14. The molecule has 0 saturated heterocycles. The average molecular weight is 602 g/mol. The van der Waals surface area contributed by atoms with E-state index in [9.17, 15) is 19.1 Å². The molecule has 1 aliphatic heterocycles. The van der Waals surface area contributed by atoms with Crippen molar-refractivity contribution in [1.29, 1.82) is 0 Å². The van der Waals surface area contributed by atoms with Crippen molar-refractivity contribution in [2.24, 2.45) is 4.99 Å². The third-order valence-corrected chi connectivity index (χ3v) is 7.15. The quantitative estimate of drug-likeness (QED) is 0.268. The Bertz CT molecular complexity index is 1550. The zero-order valence-corrected chi connectivity index (χ0v) is 23.6. The Hall–Kier alpha value is -3.79. The standard InChI is InChI=1S/C29H22Cl2FNO6S/c1-3-38-29(36)24-25(34)23(40-28(24)33-27(35)19-6-4-5-7-20(19)30)14-17-12-21(31)26(22(13-17)37-2)39-15-16-8-10-18(32)11-9-16/h4-14,34H,3,15H2,1-2H3/b23-14-,33-28?. The SMILES string of the molecule is CCOC(=O)C1=C(O)/C(=C/c2cc(Cl)c(OCc3ccc(F)cc3)c(OC)c2)SC1=NC(=O)c1ccccc1Cl. The number of aliphatic imine (C=N–C) groups is 1. The lowest BCUT2D eigenvalue weighted by molar-refractivity contribution is -0.138. The van der Waals surface area contributed by atoms with Gasteiger partial charge in [-0.25, -0.2) is 14.2 Å². The second-order valence-corrected chi connectivity index (χ2v) is 10.1. The van der Waals surface area contributed by atoms with Gasteiger partial charge in [-0.05, 0) is 60.5 Å². The monoisotopic (exact) mass is 601 g/mol. The molecule has 0 spiro atoms. The molecule has 4 rings (SSSR count). The molecule has 0 bridgehead atoms. The van der Waals surface area contributed by atoms with Gasteiger partial charge in [0.1, 0.15) is 28.8 Å². The van der Waals surface area contributed by atoms with Crippen LogP contribution in [0.4, 0.5) is 4.39 Å². The Morgan fingerprint density at radius 3 is 2.48 bits per heavy atom. The molecule has 3 aromatic rings. The van der Waals surface area contributed by atoms with Crippen LogP contribution in [0.1, 0.15) is 28.4 Å². The van der Waals surface area contributed by atoms with Gasteiger partial charge in [0.25, 0.3) is 5.91 Å². The van der Waals surface area contributed by atoms with Crippen molar-refractivity contribution in [2.75, 3.05) is 13.7 Å². The number of aliphatic hydroxyl groups excluding tert-OH is 1. The molecule has 1 amide bonds. The normalized spacial score (nSPS) is 15.0. The first-order chi connectivity index (χ1) is 19.2. The number of carbonyl (C=O) groups is 2. The average Bonchev–Trinajstić information content (AvgIpc) is 3.22. The third-order valence-electron chi connectivity index (χ3n) is 5.52. The lowest BCUT2D eigenvalue weighted by Crippen LogP contribution is -2.14. The van der Waals surface area contributed by atoms with Crippen LogP contribution in [0.2, 0.25) is 10.0 Å². The molecule has 1 aliphatic rings. The number of hydrogen-bond acceptors (Lipinski definition) is 7. The number of rotatable bonds is 8. The Balaban J connectivity index is 1.66. The smallest absolute Gasteiger partial charge is 0.344 e. The second-order valence-electron chi connectivity index (χ2n) is 8.21. The fourth-order valence-corrected chi connectivity index (χ4v) is 5.13. The summed E-state index contributed by atoms with van der Waals surface area (Å²) in [5.74, 6) is -1.69. The Labute approximate surface area is 243 Å². The van der Waals surface area contributed by atoms with Gasteiger partial charge in [0.15, 0.2) is 11.5 Å². The maximum Gasteiger partial charge on any atom is 0.344 e. The molecule has 0 radical (unpaired) electrons. The van der Waals surface area contributed by atoms with Crippen LogP contribution in [-0.2, 0) is 16.1 Å². The number of halogens is 3. The van der Waals surface area contributed by atoms with Gasteiger partial charge in [0.05, 0.1) is 34.2 Å². The van der Waals surface area contributed by atoms with Gasteiger partial charge in [0, 0.05) is 0 Å². The van der Waals surface area contributed by atoms with E-state index in [1.54, 1.807) is 55.5 Å². The van der Waals surface area contributed by atoms with Gasteiger partial charge < -0.3 is 19.3 Å². The van der Waals surface area contributed by atoms with E-state index in [1.807, 2.05) is 0 Å². The van der Waals surface area contributed by atoms with E-state index in [-0.39, 0.29) is 55.9 Å². The van der Waals surface area contributed by atoms with E-state index >= 15 is 0 Å². The van der Waals surface area contributed by atoms with Crippen molar-refractivity contribution in [1.82, 2.24) is 0 Å². The highest BCUT2D eigenvalue weighted by Gasteiger charge is 2.34. The molecule has 40 heavy (non-hydrogen) atoms. The van der Waals surface area contributed by atoms with Crippen LogP contribution >= 0.6 is 35.0 Å². The highest BCUT2D eigenvalue weighted by Crippen LogP contribution is 2.42. The minimum Gasteiger partial charge on any atom is -0.506 e. The van der Waals surface area contributed by atoms with Crippen LogP contribution in [0.25, 0.3) is 6.08 Å². The van der Waals surface area contributed by atoms with Crippen LogP contribution in [0.3, 0.4) is 0 Å². The molecule has 1 N–H and O–H groups in total. The highest BCUT2D eigenvalue weighted by molar-refractivity contribution is 8.18. The number of esters is 1. The number of amides is 1. The molecular weight excluding hydrogens is 580 g/mol. The molecule has 7 nitrogen and oxygen atoms in total. The molecule has 0 aromatic heterocycles. The fourth-order valence-electron chi connectivity index (χ4n) is 3.63. The summed E-state index contributed by atoms with van der Waals surface area (Å²) in [4.78, 5) is 29.8. The van der Waals surface area contributed by atoms with Crippen molar-refractivity contribution in [3.05, 3.63) is 109 Å². The van der Waals surface area contributed by atoms with Crippen molar-refractivity contribution in [3.8, 4) is 11.5 Å². The second kappa shape index (κ2) is 13.0. The molecule has 1 heterocycles. The molecule has 0 aliphatic carbocycles. The van der Waals surface area contributed by atoms with Gasteiger partial charge in [-0.3, -0.25) is 4.79 Å². The Kier molecular flexibility index (Phi) is 9.52. The lowest BCUT2D eigenvalue weighted by Gasteiger charge is -2.13. The van der Waals surface area contributed by atoms with Crippen LogP contribution < -0.4 is 9.47 Å². The first-order valence-electron chi connectivity index (χ1n) is 11.8. The van der Waals surface area contributed by atoms with Gasteiger partial charge >= 0.3 is 5.97 Å². The zero-order valence-electron chi connectivity index (χ0n) is 21.2. The first-order valence-corrected chi connectivity index (χ1v) is 13.4. The summed E-state index contributed by atoms with van der Waals surface area (Å²) in [6, 6.07) is 15.4. The van der Waals surface area contributed by atoms with Crippen molar-refractivity contribution in [3.63, 3.8) is 0 Å². The van der Waals surface area contributed by atoms with E-state index < -0.39 is 17.6 Å². The maximum atomic E-state index is 13.2. The van der Waals surface area contributed by atoms with E-state index in [0.717, 1.165) is 17.3 Å². The van der Waals surface area contributed by atoms with Crippen LogP contribution in [0.5, 0.6) is 11.5 Å². The minimum atomic E-state index is -0.832. The summed E-state index contributed by atoms with van der Waals surface area (Å²) in [6.45, 7) is 1.80. The number of nitrogens with zero attached hydrogens (tertiary/aromatic N) is 1. The van der Waals surface area contributed by atoms with Gasteiger partial charge in [-0.2, -0.15) is 0 Å². The number of hydrogen-bond donors (Lipinski definition) is 1. The molecule has 0 fully saturated rings. The molecule has 206 valence electrons. The maximum absolute atomic E-state index is 13.2. The third kappa shape index (κ3) is 6.67. The Morgan fingerprint density at radius 1 is 1.07 bits per heavy atom. The summed E-state index contributed by atoms with van der Waals surface area (Å²) in [5, 5.41) is 11.3. The van der Waals surface area contributed by atoms with E-state index in [2.05, 4.69) is 4.99 Å². The highest BCUT2D eigenvalue weighted by atomic mass is 35.5. The summed E-state index contributed by atoms with van der Waals surface area (Å²) < 4.78 is 29.6. The molecule has 11 heteroatoms. The van der Waals surface area contributed by atoms with Crippen molar-refractivity contribution < 1.29 is 33.3 Å². The zero-order chi connectivity index (χ0) is 28.8. The number of benzene rings is 3. The minimum absolute atomic E-state index is 0.0376. The van der Waals surface area contributed by atoms with Crippen LogP contribution in [0.15, 0.2) is 81.9 Å². The summed E-state index contributed by atoms with van der Waals surface area (Å²) >= 11 is 13.5. The lowest BCUT2D eigenvalue weighted by atomic mass is 10.1. The summed E-state index contributed by atoms with van der Waals surface area (Å²) in [6.07, 6.45) is 1.56. The van der Waals surface area contributed by atoms with Crippen LogP contribution in [0, 0.1) is 5.82 Å². The van der Waals surface area contributed by atoms with Gasteiger partial charge in [-0.1, -0.05) is 59.2 Å². The fraction of sp³-hybridized carbons (Fsp3) is 0.138. The predicted octanol–water partition coefficient (Wildman–Crippen LogP) is 7.42. The molecule has 0 unspecified atom stereocenters. The number of methoxy groups -OCH3 is 1. The molecule has 0 atom stereocenters. The van der Waals surface area contributed by atoms with Crippen molar-refractivity contribution >= 4 is 58.0 Å². The number of carbonyl (C=O) groups excluding carboxylic acids is 2. The topological polar surface area (TPSA) is 94.4 Å². The number of ether oxygens (including phenoxy) is 3. The molecule has 3 aromatic carbocycles. The Morgan fingerprint density at radius 2 is 1.80 bits per heavy atom. The predicted molar refractivity (Wildman–Crippen MR) is 154 cm³/mol. The van der Waals surface area contributed by atoms with Crippen molar-refractivity contribution in [2.45, 2.75) is 13.5 Å². The van der Waals surface area contributed by atoms with Gasteiger partial charge in [0.2, 0.25) is 0 Å². The van der Waals surface area contributed by atoms with Crippen LogP contribution in [-0.4, -0.2) is 35.7 Å². The number of thioether (sulfide) groups is 1. The molecular formula is C29H22Cl2FNO6S. The van der Waals surface area contributed by atoms with Gasteiger partial charge in [-0.15, -0.1) is 0 Å². The largest absolute Gasteiger partial charge is 0.506 e. The van der Waals surface area contributed by atoms with E-state index in [4.69, 9.17) is 37.4 Å². The summed E-state index contributed by atoms with van der Waals surface area (Å²) in [7, 11) is 1.44. The molecule has 0 saturated carbocycles.